The fraction of sp³-hybridized carbons (Fsp3) is 0.765. The Bertz CT molecular complexity index is 546. The largest absolute Gasteiger partial charge is 0.356 e. The fourth-order valence-corrected chi connectivity index (χ4v) is 4.54. The molecule has 0 radical (unpaired) electrons. The van der Waals surface area contributed by atoms with Gasteiger partial charge in [0.2, 0.25) is 0 Å². The molecule has 0 amide bonds. The lowest BCUT2D eigenvalue weighted by atomic mass is 10.2. The molecule has 7 heteroatoms. The molecule has 0 bridgehead atoms. The molecule has 5 nitrogen and oxygen atoms in total. The van der Waals surface area contributed by atoms with Gasteiger partial charge in [-0.2, -0.15) is 11.8 Å². The standard InChI is InChI=1S/C17H29N5S.HI/c1-17(2)13-22(10-11-23-17)16(18-3)19-8-7-14-12-21-9-5-4-6-15(21)20-14;/h12H,4-11,13H2,1-3H3,(H,18,19);1H. The van der Waals surface area contributed by atoms with Gasteiger partial charge < -0.3 is 14.8 Å². The van der Waals surface area contributed by atoms with E-state index >= 15 is 0 Å². The van der Waals surface area contributed by atoms with Crippen LogP contribution in [0.1, 0.15) is 38.2 Å². The molecule has 1 N–H and O–H groups in total. The SMILES string of the molecule is CN=C(NCCc1cn2c(n1)CCCC2)N1CCSC(C)(C)C1.I. The molecule has 0 unspecified atom stereocenters. The Kier molecular flexibility index (Phi) is 7.27. The van der Waals surface area contributed by atoms with E-state index < -0.39 is 0 Å². The molecule has 1 aromatic heterocycles. The summed E-state index contributed by atoms with van der Waals surface area (Å²) >= 11 is 2.05. The number of aliphatic imine (C=N–C) groups is 1. The second-order valence-electron chi connectivity index (χ2n) is 7.05. The molecule has 24 heavy (non-hydrogen) atoms. The zero-order chi connectivity index (χ0) is 16.3. The van der Waals surface area contributed by atoms with Crippen molar-refractivity contribution in [1.29, 1.82) is 0 Å². The first kappa shape index (κ1) is 19.9. The first-order chi connectivity index (χ1) is 11.1. The van der Waals surface area contributed by atoms with Crippen molar-refractivity contribution >= 4 is 41.7 Å². The van der Waals surface area contributed by atoms with E-state index in [1.807, 2.05) is 7.05 Å². The van der Waals surface area contributed by atoms with Crippen molar-refractivity contribution in [2.45, 2.75) is 50.8 Å². The lowest BCUT2D eigenvalue weighted by Gasteiger charge is -2.39. The molecule has 136 valence electrons. The van der Waals surface area contributed by atoms with Gasteiger partial charge in [-0.15, -0.1) is 24.0 Å². The quantitative estimate of drug-likeness (QED) is 0.426. The fourth-order valence-electron chi connectivity index (χ4n) is 3.42. The van der Waals surface area contributed by atoms with Gasteiger partial charge in [0, 0.05) is 62.8 Å². The summed E-state index contributed by atoms with van der Waals surface area (Å²) in [5, 5.41) is 3.52. The molecule has 2 aliphatic heterocycles. The zero-order valence-electron chi connectivity index (χ0n) is 15.0. The molecule has 3 heterocycles. The van der Waals surface area contributed by atoms with E-state index in [1.165, 1.54) is 30.1 Å². The Labute approximate surface area is 167 Å². The van der Waals surface area contributed by atoms with Crippen LogP contribution in [0.4, 0.5) is 0 Å². The van der Waals surface area contributed by atoms with E-state index in [1.54, 1.807) is 0 Å². The maximum Gasteiger partial charge on any atom is 0.193 e. The van der Waals surface area contributed by atoms with Gasteiger partial charge in [-0.3, -0.25) is 4.99 Å². The molecule has 1 fully saturated rings. The molecule has 2 aliphatic rings. The van der Waals surface area contributed by atoms with Gasteiger partial charge in [-0.05, 0) is 26.7 Å². The molecule has 0 aliphatic carbocycles. The Morgan fingerprint density at radius 2 is 2.21 bits per heavy atom. The van der Waals surface area contributed by atoms with Crippen LogP contribution < -0.4 is 5.32 Å². The zero-order valence-corrected chi connectivity index (χ0v) is 18.2. The van der Waals surface area contributed by atoms with Crippen LogP contribution in [0.2, 0.25) is 0 Å². The number of hydrogen-bond acceptors (Lipinski definition) is 3. The van der Waals surface area contributed by atoms with E-state index in [-0.39, 0.29) is 24.0 Å². The van der Waals surface area contributed by atoms with Crippen LogP contribution in [-0.4, -0.2) is 57.6 Å². The summed E-state index contributed by atoms with van der Waals surface area (Å²) in [5.41, 5.74) is 1.21. The Morgan fingerprint density at radius 3 is 2.92 bits per heavy atom. The topological polar surface area (TPSA) is 45.5 Å². The van der Waals surface area contributed by atoms with Crippen LogP contribution in [0.5, 0.6) is 0 Å². The van der Waals surface area contributed by atoms with E-state index in [4.69, 9.17) is 4.98 Å². The third-order valence-electron chi connectivity index (χ3n) is 4.56. The molecular weight excluding hydrogens is 433 g/mol. The van der Waals surface area contributed by atoms with E-state index in [0.29, 0.717) is 4.75 Å². The number of hydrogen-bond donors (Lipinski definition) is 1. The minimum absolute atomic E-state index is 0. The van der Waals surface area contributed by atoms with Crippen molar-refractivity contribution in [1.82, 2.24) is 19.8 Å². The number of imidazole rings is 1. The molecular formula is C17H30IN5S. The summed E-state index contributed by atoms with van der Waals surface area (Å²) < 4.78 is 2.64. The Balaban J connectivity index is 0.00000208. The Hall–Kier alpha value is -0.440. The molecule has 3 rings (SSSR count). The second kappa shape index (κ2) is 8.78. The summed E-state index contributed by atoms with van der Waals surface area (Å²) in [5.74, 6) is 3.47. The van der Waals surface area contributed by atoms with Gasteiger partial charge in [0.15, 0.2) is 5.96 Å². The highest BCUT2D eigenvalue weighted by atomic mass is 127. The van der Waals surface area contributed by atoms with E-state index in [9.17, 15) is 0 Å². The maximum absolute atomic E-state index is 4.78. The van der Waals surface area contributed by atoms with Crippen molar-refractivity contribution in [2.75, 3.05) is 32.4 Å². The first-order valence-corrected chi connectivity index (χ1v) is 9.70. The van der Waals surface area contributed by atoms with Gasteiger partial charge in [0.1, 0.15) is 5.82 Å². The number of nitrogens with one attached hydrogen (secondary N) is 1. The average molecular weight is 463 g/mol. The van der Waals surface area contributed by atoms with Crippen molar-refractivity contribution in [3.8, 4) is 0 Å². The van der Waals surface area contributed by atoms with Crippen molar-refractivity contribution in [3.05, 3.63) is 17.7 Å². The lowest BCUT2D eigenvalue weighted by Crippen LogP contribution is -2.51. The van der Waals surface area contributed by atoms with Crippen LogP contribution in [0.25, 0.3) is 0 Å². The highest BCUT2D eigenvalue weighted by Crippen LogP contribution is 2.29. The molecule has 1 saturated heterocycles. The van der Waals surface area contributed by atoms with Gasteiger partial charge >= 0.3 is 0 Å². The van der Waals surface area contributed by atoms with Gasteiger partial charge in [-0.25, -0.2) is 4.98 Å². The monoisotopic (exact) mass is 463 g/mol. The normalized spacial score (nSPS) is 20.3. The predicted molar refractivity (Wildman–Crippen MR) is 114 cm³/mol. The summed E-state index contributed by atoms with van der Waals surface area (Å²) in [4.78, 5) is 11.6. The second-order valence-corrected chi connectivity index (χ2v) is 8.85. The highest BCUT2D eigenvalue weighted by molar-refractivity contribution is 14.0. The van der Waals surface area contributed by atoms with E-state index in [2.05, 4.69) is 51.6 Å². The van der Waals surface area contributed by atoms with Gasteiger partial charge in [0.25, 0.3) is 0 Å². The number of thioether (sulfide) groups is 1. The molecule has 1 aromatic rings. The number of halogens is 1. The lowest BCUT2D eigenvalue weighted by molar-refractivity contribution is 0.376. The minimum Gasteiger partial charge on any atom is -0.356 e. The highest BCUT2D eigenvalue weighted by Gasteiger charge is 2.28. The van der Waals surface area contributed by atoms with Crippen molar-refractivity contribution in [3.63, 3.8) is 0 Å². The van der Waals surface area contributed by atoms with Gasteiger partial charge in [0.05, 0.1) is 5.69 Å². The third-order valence-corrected chi connectivity index (χ3v) is 5.86. The first-order valence-electron chi connectivity index (χ1n) is 8.72. The summed E-state index contributed by atoms with van der Waals surface area (Å²) in [6.07, 6.45) is 6.90. The third kappa shape index (κ3) is 5.03. The Morgan fingerprint density at radius 1 is 1.38 bits per heavy atom. The number of aryl methyl sites for hydroxylation is 2. The molecule has 0 saturated carbocycles. The molecule has 0 spiro atoms. The van der Waals surface area contributed by atoms with Crippen LogP contribution >= 0.6 is 35.7 Å². The number of aromatic nitrogens is 2. The number of nitrogens with zero attached hydrogens (tertiary/aromatic N) is 4. The maximum atomic E-state index is 4.78. The summed E-state index contributed by atoms with van der Waals surface area (Å²) in [7, 11) is 1.88. The smallest absolute Gasteiger partial charge is 0.193 e. The number of rotatable bonds is 3. The summed E-state index contributed by atoms with van der Waals surface area (Å²) in [6.45, 7) is 8.79. The molecule has 0 atom stereocenters. The van der Waals surface area contributed by atoms with Crippen LogP contribution in [0.15, 0.2) is 11.2 Å². The van der Waals surface area contributed by atoms with Crippen LogP contribution in [-0.2, 0) is 19.4 Å². The van der Waals surface area contributed by atoms with Gasteiger partial charge in [-0.1, -0.05) is 0 Å². The van der Waals surface area contributed by atoms with Crippen molar-refractivity contribution in [2.24, 2.45) is 4.99 Å². The predicted octanol–water partition coefficient (Wildman–Crippen LogP) is 2.78. The number of guanidine groups is 1. The molecule has 0 aromatic carbocycles. The minimum atomic E-state index is 0. The van der Waals surface area contributed by atoms with Crippen molar-refractivity contribution < 1.29 is 0 Å². The van der Waals surface area contributed by atoms with Crippen LogP contribution in [0.3, 0.4) is 0 Å². The van der Waals surface area contributed by atoms with E-state index in [0.717, 1.165) is 45.0 Å². The number of fused-ring (bicyclic) bond motifs is 1. The van der Waals surface area contributed by atoms with Crippen LogP contribution in [0, 0.1) is 0 Å². The average Bonchev–Trinajstić information content (AvgIpc) is 2.93. The summed E-state index contributed by atoms with van der Waals surface area (Å²) in [6, 6.07) is 0.